The van der Waals surface area contributed by atoms with Crippen LogP contribution in [0.2, 0.25) is 0 Å². The maximum absolute atomic E-state index is 12.7. The van der Waals surface area contributed by atoms with Gasteiger partial charge in [-0.3, -0.25) is 9.59 Å². The van der Waals surface area contributed by atoms with Gasteiger partial charge in [0.1, 0.15) is 17.3 Å². The molecule has 1 unspecified atom stereocenters. The lowest BCUT2D eigenvalue weighted by molar-refractivity contribution is -0.140. The average Bonchev–Trinajstić information content (AvgIpc) is 2.98. The molecule has 2 aromatic carbocycles. The number of carbonyl (C=O) groups is 2. The summed E-state index contributed by atoms with van der Waals surface area (Å²) in [5.74, 6) is -0.600. The van der Waals surface area contributed by atoms with Crippen LogP contribution in [0, 0.1) is 0 Å². The first-order chi connectivity index (χ1) is 13.5. The molecule has 28 heavy (non-hydrogen) atoms. The highest BCUT2D eigenvalue weighted by atomic mass is 16.5. The molecule has 1 fully saturated rings. The highest BCUT2D eigenvalue weighted by molar-refractivity contribution is 6.46. The van der Waals surface area contributed by atoms with Crippen LogP contribution in [0.4, 0.5) is 0 Å². The van der Waals surface area contributed by atoms with E-state index in [0.29, 0.717) is 22.6 Å². The third-order valence-corrected chi connectivity index (χ3v) is 4.68. The number of ketones is 1. The lowest BCUT2D eigenvalue weighted by atomic mass is 9.95. The van der Waals surface area contributed by atoms with Crippen LogP contribution in [-0.4, -0.2) is 54.2 Å². The minimum Gasteiger partial charge on any atom is -0.507 e. The summed E-state index contributed by atoms with van der Waals surface area (Å²) in [7, 11) is 3.06. The molecular formula is C21H21NO6. The topological polar surface area (TPSA) is 96.3 Å². The van der Waals surface area contributed by atoms with E-state index in [-0.39, 0.29) is 24.5 Å². The van der Waals surface area contributed by atoms with Gasteiger partial charge in [0.05, 0.1) is 32.4 Å². The van der Waals surface area contributed by atoms with Crippen molar-refractivity contribution >= 4 is 17.4 Å². The van der Waals surface area contributed by atoms with Crippen molar-refractivity contribution in [3.05, 3.63) is 65.2 Å². The molecule has 1 atom stereocenters. The number of rotatable bonds is 6. The Hall–Kier alpha value is -3.32. The number of β-amino-alcohol motifs (C(OH)–C–C–N with tert-alkyl or cyclic N) is 1. The smallest absolute Gasteiger partial charge is 0.295 e. The first kappa shape index (κ1) is 19.4. The molecule has 0 spiro atoms. The Kier molecular flexibility index (Phi) is 5.65. The van der Waals surface area contributed by atoms with E-state index >= 15 is 0 Å². The molecule has 0 saturated carbocycles. The second-order valence-electron chi connectivity index (χ2n) is 6.22. The fraction of sp³-hybridized carbons (Fsp3) is 0.238. The predicted octanol–water partition coefficient (Wildman–Crippen LogP) is 2.12. The van der Waals surface area contributed by atoms with Crippen LogP contribution in [0.3, 0.4) is 0 Å². The van der Waals surface area contributed by atoms with E-state index in [0.717, 1.165) is 0 Å². The Morgan fingerprint density at radius 1 is 0.964 bits per heavy atom. The Morgan fingerprint density at radius 2 is 1.50 bits per heavy atom. The van der Waals surface area contributed by atoms with Crippen molar-refractivity contribution in [3.63, 3.8) is 0 Å². The largest absolute Gasteiger partial charge is 0.507 e. The van der Waals surface area contributed by atoms with Crippen LogP contribution >= 0.6 is 0 Å². The van der Waals surface area contributed by atoms with Crippen molar-refractivity contribution in [1.29, 1.82) is 0 Å². The zero-order valence-electron chi connectivity index (χ0n) is 15.6. The molecule has 0 aliphatic carbocycles. The van der Waals surface area contributed by atoms with Gasteiger partial charge in [0, 0.05) is 12.1 Å². The quantitative estimate of drug-likeness (QED) is 0.451. The lowest BCUT2D eigenvalue weighted by Gasteiger charge is -2.24. The molecule has 0 aromatic heterocycles. The number of hydrogen-bond acceptors (Lipinski definition) is 6. The molecule has 146 valence electrons. The van der Waals surface area contributed by atoms with Gasteiger partial charge in [-0.25, -0.2) is 0 Å². The summed E-state index contributed by atoms with van der Waals surface area (Å²) in [4.78, 5) is 26.5. The van der Waals surface area contributed by atoms with E-state index < -0.39 is 17.7 Å². The van der Waals surface area contributed by atoms with E-state index in [2.05, 4.69) is 0 Å². The lowest BCUT2D eigenvalue weighted by Crippen LogP contribution is -2.32. The molecule has 2 N–H and O–H groups in total. The number of methoxy groups -OCH3 is 2. The molecule has 1 aliphatic rings. The number of Topliss-reactive ketones (excluding diaryl/α,β-unsaturated/α-hetero) is 1. The van der Waals surface area contributed by atoms with Gasteiger partial charge in [-0.1, -0.05) is 12.1 Å². The highest BCUT2D eigenvalue weighted by Gasteiger charge is 2.45. The molecule has 0 radical (unpaired) electrons. The van der Waals surface area contributed by atoms with E-state index in [9.17, 15) is 19.8 Å². The van der Waals surface area contributed by atoms with Gasteiger partial charge in [-0.15, -0.1) is 0 Å². The number of ether oxygens (including phenoxy) is 2. The normalized spacial score (nSPS) is 18.4. The van der Waals surface area contributed by atoms with E-state index in [4.69, 9.17) is 9.47 Å². The summed E-state index contributed by atoms with van der Waals surface area (Å²) in [6, 6.07) is 12.6. The van der Waals surface area contributed by atoms with Gasteiger partial charge < -0.3 is 24.6 Å². The minimum atomic E-state index is -0.805. The minimum absolute atomic E-state index is 0.0196. The molecule has 1 aliphatic heterocycles. The third kappa shape index (κ3) is 3.44. The summed E-state index contributed by atoms with van der Waals surface area (Å²) in [6.45, 7) is -0.330. The number of hydrogen-bond donors (Lipinski definition) is 2. The van der Waals surface area contributed by atoms with Crippen molar-refractivity contribution < 1.29 is 29.3 Å². The molecule has 1 heterocycles. The third-order valence-electron chi connectivity index (χ3n) is 4.68. The number of carbonyl (C=O) groups excluding carboxylic acids is 2. The van der Waals surface area contributed by atoms with Crippen LogP contribution in [-0.2, 0) is 9.59 Å². The van der Waals surface area contributed by atoms with Gasteiger partial charge in [0.25, 0.3) is 11.7 Å². The summed E-state index contributed by atoms with van der Waals surface area (Å²) in [5.41, 5.74) is 0.999. The van der Waals surface area contributed by atoms with E-state index in [1.807, 2.05) is 0 Å². The first-order valence-corrected chi connectivity index (χ1v) is 8.69. The maximum Gasteiger partial charge on any atom is 0.295 e. The van der Waals surface area contributed by atoms with Crippen molar-refractivity contribution in [2.45, 2.75) is 6.04 Å². The van der Waals surface area contributed by atoms with Crippen LogP contribution in [0.1, 0.15) is 17.2 Å². The Morgan fingerprint density at radius 3 is 2.00 bits per heavy atom. The van der Waals surface area contributed by atoms with E-state index in [1.54, 1.807) is 48.5 Å². The van der Waals surface area contributed by atoms with Crippen LogP contribution < -0.4 is 9.47 Å². The summed E-state index contributed by atoms with van der Waals surface area (Å²) in [6.07, 6.45) is 0. The molecule has 1 saturated heterocycles. The zero-order chi connectivity index (χ0) is 20.3. The molecule has 3 rings (SSSR count). The fourth-order valence-electron chi connectivity index (χ4n) is 3.26. The number of aliphatic hydroxyl groups excluding tert-OH is 2. The second-order valence-corrected chi connectivity index (χ2v) is 6.22. The zero-order valence-corrected chi connectivity index (χ0v) is 15.6. The number of aliphatic hydroxyl groups is 2. The van der Waals surface area contributed by atoms with Crippen LogP contribution in [0.5, 0.6) is 11.5 Å². The maximum atomic E-state index is 12.7. The first-order valence-electron chi connectivity index (χ1n) is 8.69. The van der Waals surface area contributed by atoms with Crippen LogP contribution in [0.25, 0.3) is 5.76 Å². The summed E-state index contributed by atoms with van der Waals surface area (Å²) in [5, 5.41) is 20.2. The van der Waals surface area contributed by atoms with Gasteiger partial charge in [0.2, 0.25) is 0 Å². The van der Waals surface area contributed by atoms with Crippen molar-refractivity contribution in [2.24, 2.45) is 0 Å². The average molecular weight is 383 g/mol. The predicted molar refractivity (Wildman–Crippen MR) is 102 cm³/mol. The summed E-state index contributed by atoms with van der Waals surface area (Å²) >= 11 is 0. The molecule has 7 heteroatoms. The standard InChI is InChI=1S/C21H21NO6/c1-27-15-7-3-13(4-8-15)18-17(20(25)21(26)22(18)11-12-23)19(24)14-5-9-16(28-2)10-6-14/h3-10,18,23-24H,11-12H2,1-2H3. The van der Waals surface area contributed by atoms with Crippen molar-refractivity contribution in [3.8, 4) is 11.5 Å². The number of likely N-dealkylation sites (tertiary alicyclic amines) is 1. The summed E-state index contributed by atoms with van der Waals surface area (Å²) < 4.78 is 10.3. The number of nitrogens with zero attached hydrogens (tertiary/aromatic N) is 1. The number of amides is 1. The number of benzene rings is 2. The molecule has 2 aromatic rings. The highest BCUT2D eigenvalue weighted by Crippen LogP contribution is 2.39. The van der Waals surface area contributed by atoms with Crippen molar-refractivity contribution in [2.75, 3.05) is 27.4 Å². The van der Waals surface area contributed by atoms with Crippen LogP contribution in [0.15, 0.2) is 54.1 Å². The van der Waals surface area contributed by atoms with Gasteiger partial charge >= 0.3 is 0 Å². The Bertz CT molecular complexity index is 901. The Labute approximate surface area is 162 Å². The molecular weight excluding hydrogens is 362 g/mol. The SMILES string of the molecule is COc1ccc(C(O)=C2C(=O)C(=O)N(CCO)C2c2ccc(OC)cc2)cc1. The molecule has 1 amide bonds. The Balaban J connectivity index is 2.13. The monoisotopic (exact) mass is 383 g/mol. The van der Waals surface area contributed by atoms with E-state index in [1.165, 1.54) is 19.1 Å². The molecule has 0 bridgehead atoms. The van der Waals surface area contributed by atoms with Gasteiger partial charge in [0.15, 0.2) is 0 Å². The van der Waals surface area contributed by atoms with Gasteiger partial charge in [-0.2, -0.15) is 0 Å². The molecule has 7 nitrogen and oxygen atoms in total. The van der Waals surface area contributed by atoms with Gasteiger partial charge in [-0.05, 0) is 42.0 Å². The second kappa shape index (κ2) is 8.14. The fourth-order valence-corrected chi connectivity index (χ4v) is 3.26. The van der Waals surface area contributed by atoms with Crippen molar-refractivity contribution in [1.82, 2.24) is 4.90 Å².